The Morgan fingerprint density at radius 1 is 1.89 bits per heavy atom. The molecule has 0 unspecified atom stereocenters. The van der Waals surface area contributed by atoms with E-state index < -0.39 is 0 Å². The Hall–Kier alpha value is -0.510. The molecule has 0 aromatic heterocycles. The van der Waals surface area contributed by atoms with Crippen LogP contribution in [-0.2, 0) is 4.79 Å². The summed E-state index contributed by atoms with van der Waals surface area (Å²) in [5.74, 6) is 0.714. The summed E-state index contributed by atoms with van der Waals surface area (Å²) in [6.07, 6.45) is 0.324. The maximum atomic E-state index is 10.3. The molecule has 0 spiro atoms. The van der Waals surface area contributed by atoms with E-state index in [1.54, 1.807) is 11.8 Å². The number of carbonyl (C=O) groups is 1. The van der Waals surface area contributed by atoms with Gasteiger partial charge < -0.3 is 5.73 Å². The lowest BCUT2D eigenvalue weighted by molar-refractivity contribution is -0.116. The lowest BCUT2D eigenvalue weighted by Crippen LogP contribution is -2.13. The van der Waals surface area contributed by atoms with Crippen molar-refractivity contribution in [1.29, 1.82) is 0 Å². The summed E-state index contributed by atoms with van der Waals surface area (Å²) in [5.41, 5.74) is 4.94. The van der Waals surface area contributed by atoms with Gasteiger partial charge in [-0.1, -0.05) is 0 Å². The van der Waals surface area contributed by atoms with Crippen LogP contribution in [0.25, 0.3) is 0 Å². The summed E-state index contributed by atoms with van der Waals surface area (Å²) in [6.45, 7) is 0.841. The van der Waals surface area contributed by atoms with Crippen molar-refractivity contribution in [3.63, 3.8) is 0 Å². The van der Waals surface area contributed by atoms with E-state index in [0.29, 0.717) is 6.42 Å². The fourth-order valence-corrected chi connectivity index (χ4v) is 1.48. The zero-order chi connectivity index (χ0) is 6.69. The first-order valence-electron chi connectivity index (χ1n) is 2.73. The van der Waals surface area contributed by atoms with Gasteiger partial charge in [0.05, 0.1) is 11.5 Å². The van der Waals surface area contributed by atoms with Crippen molar-refractivity contribution in [3.05, 3.63) is 0 Å². The third-order valence-electron chi connectivity index (χ3n) is 0.974. The van der Waals surface area contributed by atoms with E-state index in [1.165, 1.54) is 0 Å². The van der Waals surface area contributed by atoms with Crippen molar-refractivity contribution < 1.29 is 4.79 Å². The molecule has 0 atom stereocenters. The number of hydrogen-bond acceptors (Lipinski definition) is 3. The molecule has 0 aromatic rings. The molecule has 0 bridgehead atoms. The smallest absolute Gasteiger partial charge is 0.223 e. The Morgan fingerprint density at radius 3 is 3.11 bits per heavy atom. The molecular formula is C5H8N2OS. The summed E-state index contributed by atoms with van der Waals surface area (Å²) in [6, 6.07) is 0. The number of hydrogen-bond donors (Lipinski definition) is 1. The van der Waals surface area contributed by atoms with E-state index in [2.05, 4.69) is 4.99 Å². The quantitative estimate of drug-likeness (QED) is 0.593. The van der Waals surface area contributed by atoms with Crippen LogP contribution in [-0.4, -0.2) is 23.2 Å². The first-order chi connectivity index (χ1) is 4.29. The molecule has 0 saturated heterocycles. The largest absolute Gasteiger partial charge is 0.369 e. The van der Waals surface area contributed by atoms with Crippen molar-refractivity contribution in [2.24, 2.45) is 10.7 Å². The third kappa shape index (κ3) is 2.05. The van der Waals surface area contributed by atoms with E-state index in [0.717, 1.165) is 17.3 Å². The normalized spacial score (nSPS) is 17.6. The molecule has 0 aromatic carbocycles. The molecular weight excluding hydrogens is 136 g/mol. The van der Waals surface area contributed by atoms with Crippen LogP contribution in [0, 0.1) is 0 Å². The van der Waals surface area contributed by atoms with E-state index in [9.17, 15) is 4.79 Å². The average Bonchev–Trinajstić information content (AvgIpc) is 2.15. The fraction of sp³-hybridized carbons (Fsp3) is 0.600. The second kappa shape index (κ2) is 2.87. The minimum absolute atomic E-state index is 0.289. The lowest BCUT2D eigenvalue weighted by Gasteiger charge is -1.90. The molecule has 9 heavy (non-hydrogen) atoms. The summed E-state index contributed by atoms with van der Waals surface area (Å²) < 4.78 is 0. The van der Waals surface area contributed by atoms with Gasteiger partial charge in [0, 0.05) is 12.3 Å². The Kier molecular flexibility index (Phi) is 2.10. The molecule has 0 saturated carbocycles. The van der Waals surface area contributed by atoms with Crippen LogP contribution in [0.1, 0.15) is 6.42 Å². The van der Waals surface area contributed by atoms with E-state index >= 15 is 0 Å². The summed E-state index contributed by atoms with van der Waals surface area (Å²) in [7, 11) is 0. The molecule has 0 radical (unpaired) electrons. The van der Waals surface area contributed by atoms with Crippen LogP contribution in [0.3, 0.4) is 0 Å². The standard InChI is InChI=1S/C5H8N2OS/c6-4(8)3-5-7-1-2-9-5/h1-3H2,(H2,6,8). The molecule has 50 valence electrons. The second-order valence-electron chi connectivity index (χ2n) is 1.77. The van der Waals surface area contributed by atoms with Crippen molar-refractivity contribution in [3.8, 4) is 0 Å². The summed E-state index contributed by atoms with van der Waals surface area (Å²) in [5, 5.41) is 0.891. The van der Waals surface area contributed by atoms with Gasteiger partial charge in [-0.3, -0.25) is 9.79 Å². The zero-order valence-electron chi connectivity index (χ0n) is 4.96. The van der Waals surface area contributed by atoms with Crippen LogP contribution in [0.15, 0.2) is 4.99 Å². The maximum Gasteiger partial charge on any atom is 0.223 e. The lowest BCUT2D eigenvalue weighted by atomic mass is 10.4. The Morgan fingerprint density at radius 2 is 2.67 bits per heavy atom. The van der Waals surface area contributed by atoms with Crippen molar-refractivity contribution >= 4 is 22.7 Å². The Labute approximate surface area is 57.7 Å². The highest BCUT2D eigenvalue weighted by atomic mass is 32.2. The summed E-state index contributed by atoms with van der Waals surface area (Å²) in [4.78, 5) is 14.3. The summed E-state index contributed by atoms with van der Waals surface area (Å²) >= 11 is 1.62. The van der Waals surface area contributed by atoms with Crippen LogP contribution >= 0.6 is 11.8 Å². The van der Waals surface area contributed by atoms with Crippen LogP contribution in [0.4, 0.5) is 0 Å². The number of nitrogens with two attached hydrogens (primary N) is 1. The number of primary amides is 1. The Bertz CT molecular complexity index is 155. The Balaban J connectivity index is 2.35. The minimum atomic E-state index is -0.289. The van der Waals surface area contributed by atoms with Crippen LogP contribution in [0.2, 0.25) is 0 Å². The molecule has 1 aliphatic rings. The predicted molar refractivity (Wildman–Crippen MR) is 38.6 cm³/mol. The van der Waals surface area contributed by atoms with Gasteiger partial charge in [0.15, 0.2) is 0 Å². The molecule has 4 heteroatoms. The van der Waals surface area contributed by atoms with E-state index in [4.69, 9.17) is 5.73 Å². The van der Waals surface area contributed by atoms with Crippen molar-refractivity contribution in [2.75, 3.05) is 12.3 Å². The predicted octanol–water partition coefficient (Wildman–Crippen LogP) is 0.00710. The molecule has 1 aliphatic heterocycles. The van der Waals surface area contributed by atoms with Crippen molar-refractivity contribution in [1.82, 2.24) is 0 Å². The molecule has 0 fully saturated rings. The maximum absolute atomic E-state index is 10.3. The number of thioether (sulfide) groups is 1. The van der Waals surface area contributed by atoms with Gasteiger partial charge in [-0.05, 0) is 0 Å². The average molecular weight is 144 g/mol. The SMILES string of the molecule is NC(=O)CC1=NCCS1. The van der Waals surface area contributed by atoms with Gasteiger partial charge in [-0.15, -0.1) is 11.8 Å². The number of amides is 1. The number of rotatable bonds is 2. The van der Waals surface area contributed by atoms with Crippen LogP contribution in [0.5, 0.6) is 0 Å². The highest BCUT2D eigenvalue weighted by Gasteiger charge is 2.08. The monoisotopic (exact) mass is 144 g/mol. The molecule has 3 nitrogen and oxygen atoms in total. The van der Waals surface area contributed by atoms with Gasteiger partial charge in [0.2, 0.25) is 5.91 Å². The third-order valence-corrected chi connectivity index (χ3v) is 1.97. The first kappa shape index (κ1) is 6.61. The second-order valence-corrected chi connectivity index (χ2v) is 2.94. The highest BCUT2D eigenvalue weighted by Crippen LogP contribution is 2.13. The first-order valence-corrected chi connectivity index (χ1v) is 3.72. The van der Waals surface area contributed by atoms with E-state index in [-0.39, 0.29) is 5.91 Å². The number of aliphatic imine (C=N–C) groups is 1. The fourth-order valence-electron chi connectivity index (χ4n) is 0.635. The van der Waals surface area contributed by atoms with Gasteiger partial charge in [0.25, 0.3) is 0 Å². The van der Waals surface area contributed by atoms with Crippen molar-refractivity contribution in [2.45, 2.75) is 6.42 Å². The van der Waals surface area contributed by atoms with Gasteiger partial charge in [-0.2, -0.15) is 0 Å². The minimum Gasteiger partial charge on any atom is -0.369 e. The molecule has 1 rings (SSSR count). The molecule has 2 N–H and O–H groups in total. The molecule has 1 amide bonds. The topological polar surface area (TPSA) is 55.5 Å². The highest BCUT2D eigenvalue weighted by molar-refractivity contribution is 8.14. The number of carbonyl (C=O) groups excluding carboxylic acids is 1. The van der Waals surface area contributed by atoms with Gasteiger partial charge in [0.1, 0.15) is 0 Å². The molecule has 1 heterocycles. The zero-order valence-corrected chi connectivity index (χ0v) is 5.78. The van der Waals surface area contributed by atoms with E-state index in [1.807, 2.05) is 0 Å². The van der Waals surface area contributed by atoms with Gasteiger partial charge in [-0.25, -0.2) is 0 Å². The number of nitrogens with zero attached hydrogens (tertiary/aromatic N) is 1. The molecule has 0 aliphatic carbocycles. The van der Waals surface area contributed by atoms with Crippen LogP contribution < -0.4 is 5.73 Å². The van der Waals surface area contributed by atoms with Gasteiger partial charge >= 0.3 is 0 Å².